The predicted octanol–water partition coefficient (Wildman–Crippen LogP) is 3.32. The van der Waals surface area contributed by atoms with E-state index in [9.17, 15) is 4.79 Å². The maximum atomic E-state index is 12.2. The van der Waals surface area contributed by atoms with E-state index in [0.717, 1.165) is 51.6 Å². The second-order valence-corrected chi connectivity index (χ2v) is 8.07. The minimum Gasteiger partial charge on any atom is -0.379 e. The summed E-state index contributed by atoms with van der Waals surface area (Å²) >= 11 is 0. The zero-order chi connectivity index (χ0) is 19.8. The lowest BCUT2D eigenvalue weighted by molar-refractivity contribution is 0.0198. The molecule has 2 heterocycles. The zero-order valence-electron chi connectivity index (χ0n) is 17.5. The van der Waals surface area contributed by atoms with E-state index in [1.807, 2.05) is 12.1 Å². The van der Waals surface area contributed by atoms with Gasteiger partial charge in [0.2, 0.25) is 0 Å². The van der Waals surface area contributed by atoms with E-state index in [0.29, 0.717) is 12.0 Å². The van der Waals surface area contributed by atoms with E-state index in [4.69, 9.17) is 4.74 Å². The van der Waals surface area contributed by atoms with Crippen molar-refractivity contribution >= 4 is 11.7 Å². The monoisotopic (exact) mass is 388 g/mol. The van der Waals surface area contributed by atoms with Crippen LogP contribution in [0.2, 0.25) is 0 Å². The van der Waals surface area contributed by atoms with E-state index >= 15 is 0 Å². The van der Waals surface area contributed by atoms with Gasteiger partial charge >= 0.3 is 6.03 Å². The van der Waals surface area contributed by atoms with Gasteiger partial charge in [0.25, 0.3) is 0 Å². The molecule has 6 nitrogen and oxygen atoms in total. The van der Waals surface area contributed by atoms with Gasteiger partial charge in [-0.25, -0.2) is 4.79 Å². The Morgan fingerprint density at radius 2 is 1.82 bits per heavy atom. The first kappa shape index (κ1) is 21.1. The summed E-state index contributed by atoms with van der Waals surface area (Å²) in [6, 6.07) is 8.47. The van der Waals surface area contributed by atoms with E-state index in [-0.39, 0.29) is 6.03 Å². The highest BCUT2D eigenvalue weighted by Gasteiger charge is 2.20. The van der Waals surface area contributed by atoms with Gasteiger partial charge in [-0.15, -0.1) is 0 Å². The molecule has 0 aliphatic carbocycles. The molecule has 1 aromatic carbocycles. The maximum absolute atomic E-state index is 12.2. The van der Waals surface area contributed by atoms with Crippen molar-refractivity contribution < 1.29 is 9.53 Å². The predicted molar refractivity (Wildman–Crippen MR) is 114 cm³/mol. The number of carbonyl (C=O) groups is 1. The molecule has 6 heteroatoms. The Balaban J connectivity index is 1.39. The molecule has 2 saturated heterocycles. The average molecular weight is 389 g/mol. The summed E-state index contributed by atoms with van der Waals surface area (Å²) in [5, 5.41) is 6.01. The number of nitrogens with zero attached hydrogens (tertiary/aromatic N) is 2. The van der Waals surface area contributed by atoms with Crippen LogP contribution in [0.5, 0.6) is 0 Å². The lowest BCUT2D eigenvalue weighted by Gasteiger charge is -2.32. The molecular weight excluding hydrogens is 352 g/mol. The minimum atomic E-state index is -0.107. The number of likely N-dealkylation sites (tertiary alicyclic amines) is 1. The summed E-state index contributed by atoms with van der Waals surface area (Å²) in [6.45, 7) is 12.3. The highest BCUT2D eigenvalue weighted by molar-refractivity contribution is 5.89. The first-order valence-electron chi connectivity index (χ1n) is 10.8. The molecule has 1 atom stereocenters. The summed E-state index contributed by atoms with van der Waals surface area (Å²) in [7, 11) is 0. The number of ether oxygens (including phenoxy) is 1. The van der Waals surface area contributed by atoms with Crippen molar-refractivity contribution in [2.24, 2.45) is 5.92 Å². The van der Waals surface area contributed by atoms with Gasteiger partial charge in [0.05, 0.1) is 13.2 Å². The number of amides is 2. The van der Waals surface area contributed by atoms with Crippen molar-refractivity contribution in [2.45, 2.75) is 39.2 Å². The molecule has 0 radical (unpaired) electrons. The first-order chi connectivity index (χ1) is 13.7. The summed E-state index contributed by atoms with van der Waals surface area (Å²) in [6.07, 6.45) is 3.57. The largest absolute Gasteiger partial charge is 0.379 e. The molecule has 1 unspecified atom stereocenters. The molecule has 28 heavy (non-hydrogen) atoms. The number of piperidine rings is 1. The van der Waals surface area contributed by atoms with E-state index in [2.05, 4.69) is 46.4 Å². The average Bonchev–Trinajstić information content (AvgIpc) is 2.74. The first-order valence-corrected chi connectivity index (χ1v) is 10.8. The lowest BCUT2D eigenvalue weighted by Crippen LogP contribution is -2.40. The molecule has 156 valence electrons. The minimum absolute atomic E-state index is 0.107. The second kappa shape index (κ2) is 10.8. The van der Waals surface area contributed by atoms with Gasteiger partial charge in [0.1, 0.15) is 0 Å². The van der Waals surface area contributed by atoms with Gasteiger partial charge in [0, 0.05) is 31.4 Å². The van der Waals surface area contributed by atoms with Gasteiger partial charge in [-0.3, -0.25) is 4.90 Å². The number of morpholine rings is 1. The number of hydrogen-bond acceptors (Lipinski definition) is 4. The molecule has 2 aliphatic rings. The molecule has 0 aromatic heterocycles. The number of rotatable bonds is 7. The molecule has 1 aromatic rings. The number of carbonyl (C=O) groups excluding carboxylic acids is 1. The molecular formula is C22H36N4O2. The van der Waals surface area contributed by atoms with Crippen LogP contribution in [0.3, 0.4) is 0 Å². The van der Waals surface area contributed by atoms with Crippen molar-refractivity contribution in [1.82, 2.24) is 15.1 Å². The number of anilines is 1. The third kappa shape index (κ3) is 6.19. The van der Waals surface area contributed by atoms with Gasteiger partial charge in [0.15, 0.2) is 0 Å². The molecule has 2 N–H and O–H groups in total. The molecule has 2 fully saturated rings. The summed E-state index contributed by atoms with van der Waals surface area (Å²) in [5.41, 5.74) is 2.11. The van der Waals surface area contributed by atoms with Gasteiger partial charge in [-0.1, -0.05) is 19.1 Å². The molecule has 2 amide bonds. The Morgan fingerprint density at radius 3 is 2.46 bits per heavy atom. The van der Waals surface area contributed by atoms with Crippen LogP contribution in [0.4, 0.5) is 10.5 Å². The van der Waals surface area contributed by atoms with Crippen molar-refractivity contribution in [2.75, 3.05) is 57.8 Å². The van der Waals surface area contributed by atoms with Gasteiger partial charge in [-0.2, -0.15) is 0 Å². The lowest BCUT2D eigenvalue weighted by atomic mass is 9.97. The topological polar surface area (TPSA) is 56.8 Å². The van der Waals surface area contributed by atoms with Crippen LogP contribution in [-0.2, 0) is 4.74 Å². The van der Waals surface area contributed by atoms with E-state index < -0.39 is 0 Å². The number of benzene rings is 1. The fourth-order valence-corrected chi connectivity index (χ4v) is 4.16. The van der Waals surface area contributed by atoms with Crippen LogP contribution in [0.25, 0.3) is 0 Å². The Labute approximate surface area is 169 Å². The smallest absolute Gasteiger partial charge is 0.319 e. The molecule has 0 saturated carbocycles. The van der Waals surface area contributed by atoms with E-state index in [1.165, 1.54) is 31.4 Å². The highest BCUT2D eigenvalue weighted by Crippen LogP contribution is 2.23. The Morgan fingerprint density at radius 1 is 1.14 bits per heavy atom. The fraction of sp³-hybridized carbons (Fsp3) is 0.682. The van der Waals surface area contributed by atoms with Crippen LogP contribution in [0, 0.1) is 5.92 Å². The molecule has 3 rings (SSSR count). The van der Waals surface area contributed by atoms with Crippen LogP contribution in [-0.4, -0.2) is 68.3 Å². The van der Waals surface area contributed by atoms with Crippen LogP contribution >= 0.6 is 0 Å². The van der Waals surface area contributed by atoms with Crippen molar-refractivity contribution in [3.8, 4) is 0 Å². The molecule has 2 aliphatic heterocycles. The fourth-order valence-electron chi connectivity index (χ4n) is 4.16. The number of hydrogen-bond donors (Lipinski definition) is 2. The number of urea groups is 1. The molecule has 0 spiro atoms. The molecule has 0 bridgehead atoms. The van der Waals surface area contributed by atoms with Crippen LogP contribution in [0.1, 0.15) is 44.7 Å². The van der Waals surface area contributed by atoms with Gasteiger partial charge in [-0.05, 0) is 69.4 Å². The normalized spacial score (nSPS) is 20.6. The summed E-state index contributed by atoms with van der Waals surface area (Å²) in [5.74, 6) is 0.593. The van der Waals surface area contributed by atoms with E-state index in [1.54, 1.807) is 0 Å². The van der Waals surface area contributed by atoms with Crippen molar-refractivity contribution in [3.63, 3.8) is 0 Å². The van der Waals surface area contributed by atoms with Crippen molar-refractivity contribution in [1.29, 1.82) is 0 Å². The van der Waals surface area contributed by atoms with Crippen LogP contribution < -0.4 is 10.6 Å². The van der Waals surface area contributed by atoms with Gasteiger partial charge < -0.3 is 20.3 Å². The number of nitrogens with one attached hydrogen (secondary N) is 2. The summed E-state index contributed by atoms with van der Waals surface area (Å²) in [4.78, 5) is 17.2. The SMILES string of the molecule is CCCN1CCC(CNC(=O)Nc2ccc(C(C)N3CCOCC3)cc2)CC1. The standard InChI is InChI=1S/C22H36N4O2/c1-3-10-25-11-8-19(9-12-25)17-23-22(27)24-21-6-4-20(5-7-21)18(2)26-13-15-28-16-14-26/h4-7,18-19H,3,8-17H2,1-2H3,(H2,23,24,27). The third-order valence-corrected chi connectivity index (χ3v) is 6.04. The third-order valence-electron chi connectivity index (χ3n) is 6.04. The van der Waals surface area contributed by atoms with Crippen LogP contribution in [0.15, 0.2) is 24.3 Å². The Hall–Kier alpha value is -1.63. The Kier molecular flexibility index (Phi) is 8.13. The zero-order valence-corrected chi connectivity index (χ0v) is 17.5. The maximum Gasteiger partial charge on any atom is 0.319 e. The second-order valence-electron chi connectivity index (χ2n) is 8.07. The summed E-state index contributed by atoms with van der Waals surface area (Å²) < 4.78 is 5.43. The van der Waals surface area contributed by atoms with Crippen molar-refractivity contribution in [3.05, 3.63) is 29.8 Å². The Bertz CT molecular complexity index is 593. The highest BCUT2D eigenvalue weighted by atomic mass is 16.5. The quantitative estimate of drug-likeness (QED) is 0.752.